The number of aromatic amines is 1. The lowest BCUT2D eigenvalue weighted by atomic mass is 9.98. The molecule has 102 valence electrons. The highest BCUT2D eigenvalue weighted by Gasteiger charge is 2.26. The molecule has 1 aromatic carbocycles. The summed E-state index contributed by atoms with van der Waals surface area (Å²) in [6.07, 6.45) is 1.79. The highest BCUT2D eigenvalue weighted by atomic mass is 16.4. The number of carboxylic acid groups (broad SMARTS) is 1. The minimum absolute atomic E-state index is 0.121. The van der Waals surface area contributed by atoms with Gasteiger partial charge in [0.2, 0.25) is 0 Å². The number of imidazole rings is 1. The molecular weight excluding hydrogens is 242 g/mol. The lowest BCUT2D eigenvalue weighted by Gasteiger charge is -2.34. The SMILES string of the molecule is CN(Cc1ccc2nc[nH]c2c1)C(C)(C)CC(=O)O. The molecule has 0 aliphatic rings. The molecule has 0 radical (unpaired) electrons. The molecule has 0 aliphatic carbocycles. The van der Waals surface area contributed by atoms with Gasteiger partial charge in [-0.05, 0) is 38.6 Å². The van der Waals surface area contributed by atoms with Crippen molar-refractivity contribution in [2.45, 2.75) is 32.4 Å². The first-order valence-electron chi connectivity index (χ1n) is 6.23. The number of nitrogens with zero attached hydrogens (tertiary/aromatic N) is 2. The molecule has 2 rings (SSSR count). The van der Waals surface area contributed by atoms with E-state index in [2.05, 4.69) is 20.9 Å². The molecule has 19 heavy (non-hydrogen) atoms. The van der Waals surface area contributed by atoms with Gasteiger partial charge in [0, 0.05) is 12.1 Å². The predicted octanol–water partition coefficient (Wildman–Crippen LogP) is 2.25. The van der Waals surface area contributed by atoms with Crippen LogP contribution in [0.1, 0.15) is 25.8 Å². The van der Waals surface area contributed by atoms with Crippen molar-refractivity contribution in [3.8, 4) is 0 Å². The van der Waals surface area contributed by atoms with Crippen LogP contribution in [0.4, 0.5) is 0 Å². The molecule has 1 aromatic heterocycles. The zero-order chi connectivity index (χ0) is 14.0. The van der Waals surface area contributed by atoms with Crippen molar-refractivity contribution >= 4 is 17.0 Å². The number of rotatable bonds is 5. The Morgan fingerprint density at radius 3 is 2.89 bits per heavy atom. The monoisotopic (exact) mass is 261 g/mol. The average Bonchev–Trinajstić information content (AvgIpc) is 2.74. The molecule has 5 heteroatoms. The van der Waals surface area contributed by atoms with Gasteiger partial charge in [-0.3, -0.25) is 9.69 Å². The Labute approximate surface area is 112 Å². The van der Waals surface area contributed by atoms with E-state index in [1.54, 1.807) is 6.33 Å². The third kappa shape index (κ3) is 3.12. The Balaban J connectivity index is 2.13. The molecule has 0 atom stereocenters. The van der Waals surface area contributed by atoms with Crippen LogP contribution in [0.15, 0.2) is 24.5 Å². The molecule has 0 amide bonds. The largest absolute Gasteiger partial charge is 0.481 e. The fourth-order valence-electron chi connectivity index (χ4n) is 2.07. The number of hydrogen-bond acceptors (Lipinski definition) is 3. The van der Waals surface area contributed by atoms with Crippen LogP contribution in [0.2, 0.25) is 0 Å². The van der Waals surface area contributed by atoms with E-state index in [-0.39, 0.29) is 12.0 Å². The zero-order valence-corrected chi connectivity index (χ0v) is 11.5. The number of carbonyl (C=O) groups is 1. The van der Waals surface area contributed by atoms with E-state index in [4.69, 9.17) is 5.11 Å². The number of benzene rings is 1. The molecule has 0 unspecified atom stereocenters. The summed E-state index contributed by atoms with van der Waals surface area (Å²) in [5, 5.41) is 8.94. The van der Waals surface area contributed by atoms with Crippen molar-refractivity contribution in [1.82, 2.24) is 14.9 Å². The molecule has 0 aliphatic heterocycles. The van der Waals surface area contributed by atoms with Gasteiger partial charge in [0.1, 0.15) is 0 Å². The third-order valence-electron chi connectivity index (χ3n) is 3.52. The first-order chi connectivity index (χ1) is 8.88. The number of H-pyrrole nitrogens is 1. The maximum atomic E-state index is 10.9. The smallest absolute Gasteiger partial charge is 0.305 e. The van der Waals surface area contributed by atoms with Gasteiger partial charge in [-0.2, -0.15) is 0 Å². The summed E-state index contributed by atoms with van der Waals surface area (Å²) in [6, 6.07) is 6.05. The standard InChI is InChI=1S/C14H19N3O2/c1-14(2,7-13(18)19)17(3)8-10-4-5-11-12(6-10)16-9-15-11/h4-6,9H,7-8H2,1-3H3,(H,15,16)(H,18,19). The van der Waals surface area contributed by atoms with Gasteiger partial charge in [-0.15, -0.1) is 0 Å². The highest BCUT2D eigenvalue weighted by molar-refractivity contribution is 5.75. The normalized spacial score (nSPS) is 12.2. The summed E-state index contributed by atoms with van der Waals surface area (Å²) in [4.78, 5) is 20.2. The minimum Gasteiger partial charge on any atom is -0.481 e. The molecule has 0 bridgehead atoms. The summed E-state index contributed by atoms with van der Waals surface area (Å²) >= 11 is 0. The first kappa shape index (κ1) is 13.5. The van der Waals surface area contributed by atoms with Crippen LogP contribution in [-0.4, -0.2) is 38.5 Å². The molecule has 2 aromatic rings. The maximum absolute atomic E-state index is 10.9. The van der Waals surface area contributed by atoms with Crippen LogP contribution in [-0.2, 0) is 11.3 Å². The van der Waals surface area contributed by atoms with Crippen LogP contribution in [0, 0.1) is 0 Å². The average molecular weight is 261 g/mol. The summed E-state index contributed by atoms with van der Waals surface area (Å²) < 4.78 is 0. The number of fused-ring (bicyclic) bond motifs is 1. The van der Waals surface area contributed by atoms with E-state index in [0.29, 0.717) is 6.54 Å². The fraction of sp³-hybridized carbons (Fsp3) is 0.429. The first-order valence-corrected chi connectivity index (χ1v) is 6.23. The van der Waals surface area contributed by atoms with Gasteiger partial charge in [0.15, 0.2) is 0 Å². The quantitative estimate of drug-likeness (QED) is 0.866. The van der Waals surface area contributed by atoms with E-state index < -0.39 is 5.97 Å². The number of aliphatic carboxylic acids is 1. The minimum atomic E-state index is -0.777. The van der Waals surface area contributed by atoms with Crippen molar-refractivity contribution in [2.24, 2.45) is 0 Å². The van der Waals surface area contributed by atoms with Crippen LogP contribution < -0.4 is 0 Å². The Bertz CT molecular complexity index is 589. The molecule has 5 nitrogen and oxygen atoms in total. The Kier molecular flexibility index (Phi) is 3.57. The van der Waals surface area contributed by atoms with Crippen LogP contribution in [0.25, 0.3) is 11.0 Å². The van der Waals surface area contributed by atoms with E-state index in [9.17, 15) is 4.79 Å². The molecular formula is C14H19N3O2. The van der Waals surface area contributed by atoms with Gasteiger partial charge in [0.05, 0.1) is 23.8 Å². The molecule has 0 saturated heterocycles. The van der Waals surface area contributed by atoms with Crippen molar-refractivity contribution in [1.29, 1.82) is 0 Å². The van der Waals surface area contributed by atoms with Gasteiger partial charge in [-0.25, -0.2) is 4.98 Å². The van der Waals surface area contributed by atoms with Gasteiger partial charge >= 0.3 is 5.97 Å². The van der Waals surface area contributed by atoms with Crippen molar-refractivity contribution in [2.75, 3.05) is 7.05 Å². The fourth-order valence-corrected chi connectivity index (χ4v) is 2.07. The second kappa shape index (κ2) is 5.01. The summed E-state index contributed by atoms with van der Waals surface area (Å²) in [6.45, 7) is 4.58. The summed E-state index contributed by atoms with van der Waals surface area (Å²) in [5.41, 5.74) is 2.70. The van der Waals surface area contributed by atoms with E-state index >= 15 is 0 Å². The molecule has 0 fully saturated rings. The second-order valence-corrected chi connectivity index (χ2v) is 5.49. The van der Waals surface area contributed by atoms with Crippen LogP contribution in [0.3, 0.4) is 0 Å². The zero-order valence-electron chi connectivity index (χ0n) is 11.5. The van der Waals surface area contributed by atoms with Crippen LogP contribution in [0.5, 0.6) is 0 Å². The molecule has 0 saturated carbocycles. The topological polar surface area (TPSA) is 69.2 Å². The predicted molar refractivity (Wildman–Crippen MR) is 73.9 cm³/mol. The lowest BCUT2D eigenvalue weighted by molar-refractivity contribution is -0.139. The molecule has 0 spiro atoms. The Morgan fingerprint density at radius 1 is 1.47 bits per heavy atom. The van der Waals surface area contributed by atoms with Crippen molar-refractivity contribution in [3.63, 3.8) is 0 Å². The van der Waals surface area contributed by atoms with Crippen LogP contribution >= 0.6 is 0 Å². The van der Waals surface area contributed by atoms with Gasteiger partial charge < -0.3 is 10.1 Å². The Hall–Kier alpha value is -1.88. The highest BCUT2D eigenvalue weighted by Crippen LogP contribution is 2.21. The van der Waals surface area contributed by atoms with Gasteiger partial charge in [0.25, 0.3) is 0 Å². The van der Waals surface area contributed by atoms with E-state index in [1.165, 1.54) is 0 Å². The van der Waals surface area contributed by atoms with Crippen molar-refractivity contribution in [3.05, 3.63) is 30.1 Å². The number of aromatic nitrogens is 2. The number of carboxylic acids is 1. The van der Waals surface area contributed by atoms with E-state index in [1.807, 2.05) is 33.0 Å². The third-order valence-corrected chi connectivity index (χ3v) is 3.52. The molecule has 1 heterocycles. The van der Waals surface area contributed by atoms with Crippen molar-refractivity contribution < 1.29 is 9.90 Å². The second-order valence-electron chi connectivity index (χ2n) is 5.49. The number of nitrogens with one attached hydrogen (secondary N) is 1. The maximum Gasteiger partial charge on any atom is 0.305 e. The Morgan fingerprint density at radius 2 is 2.21 bits per heavy atom. The molecule has 2 N–H and O–H groups in total. The van der Waals surface area contributed by atoms with Gasteiger partial charge in [-0.1, -0.05) is 6.07 Å². The van der Waals surface area contributed by atoms with E-state index in [0.717, 1.165) is 16.6 Å². The lowest BCUT2D eigenvalue weighted by Crippen LogP contribution is -2.42. The summed E-state index contributed by atoms with van der Waals surface area (Å²) in [5.74, 6) is -0.777. The summed E-state index contributed by atoms with van der Waals surface area (Å²) in [7, 11) is 1.94. The number of hydrogen-bond donors (Lipinski definition) is 2.